The van der Waals surface area contributed by atoms with Gasteiger partial charge in [0.1, 0.15) is 0 Å². The monoisotopic (exact) mass is 250 g/mol. The normalized spacial score (nSPS) is 26.2. The third kappa shape index (κ3) is 2.77. The van der Waals surface area contributed by atoms with Crippen molar-refractivity contribution in [3.63, 3.8) is 0 Å². The molecule has 2 rings (SSSR count). The molecule has 0 spiro atoms. The standard InChI is InChI=1S/C15H26N2O/c1-4-12-6-8-13(9-7-12)15(18)14-10-11(3)16-17(14)5-2/h10,12-13,15,18H,4-9H2,1-3H3. The van der Waals surface area contributed by atoms with Crippen molar-refractivity contribution in [3.8, 4) is 0 Å². The number of aryl methyl sites for hydroxylation is 2. The van der Waals surface area contributed by atoms with E-state index in [-0.39, 0.29) is 6.10 Å². The first-order chi connectivity index (χ1) is 8.65. The molecule has 1 aromatic heterocycles. The van der Waals surface area contributed by atoms with Crippen molar-refractivity contribution < 1.29 is 5.11 Å². The second-order valence-electron chi connectivity index (χ2n) is 5.66. The number of hydrogen-bond acceptors (Lipinski definition) is 2. The molecule has 18 heavy (non-hydrogen) atoms. The Morgan fingerprint density at radius 1 is 1.33 bits per heavy atom. The molecule has 3 nitrogen and oxygen atoms in total. The van der Waals surface area contributed by atoms with Gasteiger partial charge in [0.25, 0.3) is 0 Å². The highest BCUT2D eigenvalue weighted by molar-refractivity contribution is 5.12. The average molecular weight is 250 g/mol. The van der Waals surface area contributed by atoms with Gasteiger partial charge in [-0.1, -0.05) is 26.2 Å². The van der Waals surface area contributed by atoms with Gasteiger partial charge in [0.05, 0.1) is 17.5 Å². The van der Waals surface area contributed by atoms with Gasteiger partial charge in [-0.15, -0.1) is 0 Å². The van der Waals surface area contributed by atoms with Crippen molar-refractivity contribution in [1.82, 2.24) is 9.78 Å². The highest BCUT2D eigenvalue weighted by Gasteiger charge is 2.28. The second kappa shape index (κ2) is 5.87. The molecule has 1 N–H and O–H groups in total. The smallest absolute Gasteiger partial charge is 0.0984 e. The molecule has 0 amide bonds. The third-order valence-corrected chi connectivity index (χ3v) is 4.45. The summed E-state index contributed by atoms with van der Waals surface area (Å²) in [6, 6.07) is 2.04. The number of aromatic nitrogens is 2. The van der Waals surface area contributed by atoms with Crippen LogP contribution in [-0.2, 0) is 6.54 Å². The van der Waals surface area contributed by atoms with Gasteiger partial charge in [0.2, 0.25) is 0 Å². The Kier molecular flexibility index (Phi) is 4.44. The summed E-state index contributed by atoms with van der Waals surface area (Å²) in [4.78, 5) is 0. The molecule has 1 aliphatic rings. The van der Waals surface area contributed by atoms with Crippen LogP contribution in [0.5, 0.6) is 0 Å². The maximum Gasteiger partial charge on any atom is 0.0984 e. The van der Waals surface area contributed by atoms with Crippen LogP contribution in [0.1, 0.15) is 63.4 Å². The van der Waals surface area contributed by atoms with Gasteiger partial charge in [-0.05, 0) is 44.6 Å². The summed E-state index contributed by atoms with van der Waals surface area (Å²) in [5.74, 6) is 1.31. The maximum absolute atomic E-state index is 10.6. The van der Waals surface area contributed by atoms with E-state index in [0.717, 1.165) is 36.7 Å². The van der Waals surface area contributed by atoms with Gasteiger partial charge >= 0.3 is 0 Å². The van der Waals surface area contributed by atoms with Crippen LogP contribution in [0.4, 0.5) is 0 Å². The molecular weight excluding hydrogens is 224 g/mol. The lowest BCUT2D eigenvalue weighted by atomic mass is 9.78. The zero-order valence-electron chi connectivity index (χ0n) is 11.9. The SMILES string of the molecule is CCC1CCC(C(O)c2cc(C)nn2CC)CC1. The number of aliphatic hydroxyl groups is 1. The minimum absolute atomic E-state index is 0.330. The van der Waals surface area contributed by atoms with Gasteiger partial charge in [-0.3, -0.25) is 4.68 Å². The molecular formula is C15H26N2O. The Morgan fingerprint density at radius 2 is 2.00 bits per heavy atom. The largest absolute Gasteiger partial charge is 0.387 e. The van der Waals surface area contributed by atoms with Gasteiger partial charge in [0, 0.05) is 6.54 Å². The van der Waals surface area contributed by atoms with E-state index >= 15 is 0 Å². The number of rotatable bonds is 4. The molecule has 3 heteroatoms. The molecule has 1 saturated carbocycles. The van der Waals surface area contributed by atoms with E-state index in [9.17, 15) is 5.11 Å². The summed E-state index contributed by atoms with van der Waals surface area (Å²) in [6.45, 7) is 7.19. The van der Waals surface area contributed by atoms with Crippen molar-refractivity contribution >= 4 is 0 Å². The van der Waals surface area contributed by atoms with E-state index in [1.165, 1.54) is 19.3 Å². The third-order valence-electron chi connectivity index (χ3n) is 4.45. The summed E-state index contributed by atoms with van der Waals surface area (Å²) in [7, 11) is 0. The summed E-state index contributed by atoms with van der Waals surface area (Å²) in [5, 5.41) is 15.0. The van der Waals surface area contributed by atoms with Gasteiger partial charge in [0.15, 0.2) is 0 Å². The van der Waals surface area contributed by atoms with Crippen LogP contribution in [-0.4, -0.2) is 14.9 Å². The molecule has 1 heterocycles. The quantitative estimate of drug-likeness (QED) is 0.888. The van der Waals surface area contributed by atoms with Crippen LogP contribution in [0, 0.1) is 18.8 Å². The Morgan fingerprint density at radius 3 is 2.56 bits per heavy atom. The lowest BCUT2D eigenvalue weighted by Crippen LogP contribution is -2.22. The van der Waals surface area contributed by atoms with Gasteiger partial charge < -0.3 is 5.11 Å². The lowest BCUT2D eigenvalue weighted by molar-refractivity contribution is 0.0658. The van der Waals surface area contributed by atoms with Crippen molar-refractivity contribution in [1.29, 1.82) is 0 Å². The van der Waals surface area contributed by atoms with Crippen LogP contribution >= 0.6 is 0 Å². The molecule has 1 unspecified atom stereocenters. The van der Waals surface area contributed by atoms with Crippen LogP contribution < -0.4 is 0 Å². The fourth-order valence-corrected chi connectivity index (χ4v) is 3.21. The summed E-state index contributed by atoms with van der Waals surface area (Å²) >= 11 is 0. The first-order valence-corrected chi connectivity index (χ1v) is 7.38. The molecule has 0 bridgehead atoms. The molecule has 0 saturated heterocycles. The van der Waals surface area contributed by atoms with Crippen LogP contribution in [0.25, 0.3) is 0 Å². The fourth-order valence-electron chi connectivity index (χ4n) is 3.21. The van der Waals surface area contributed by atoms with E-state index in [1.54, 1.807) is 0 Å². The van der Waals surface area contributed by atoms with E-state index in [1.807, 2.05) is 17.7 Å². The maximum atomic E-state index is 10.6. The van der Waals surface area contributed by atoms with Crippen molar-refractivity contribution in [2.45, 2.75) is 65.5 Å². The summed E-state index contributed by atoms with van der Waals surface area (Å²) in [5.41, 5.74) is 2.02. The van der Waals surface area contributed by atoms with Gasteiger partial charge in [-0.2, -0.15) is 5.10 Å². The zero-order chi connectivity index (χ0) is 13.1. The molecule has 1 fully saturated rings. The molecule has 1 atom stereocenters. The molecule has 0 aromatic carbocycles. The highest BCUT2D eigenvalue weighted by Crippen LogP contribution is 2.37. The van der Waals surface area contributed by atoms with Crippen molar-refractivity contribution in [2.24, 2.45) is 11.8 Å². The Hall–Kier alpha value is -0.830. The van der Waals surface area contributed by atoms with Crippen LogP contribution in [0.2, 0.25) is 0 Å². The summed E-state index contributed by atoms with van der Waals surface area (Å²) in [6.07, 6.45) is 5.83. The van der Waals surface area contributed by atoms with Crippen molar-refractivity contribution in [2.75, 3.05) is 0 Å². The fraction of sp³-hybridized carbons (Fsp3) is 0.800. The summed E-state index contributed by atoms with van der Waals surface area (Å²) < 4.78 is 1.95. The van der Waals surface area contributed by atoms with E-state index in [4.69, 9.17) is 0 Å². The predicted octanol–water partition coefficient (Wildman–Crippen LogP) is 3.46. The Balaban J connectivity index is 2.04. The molecule has 102 valence electrons. The lowest BCUT2D eigenvalue weighted by Gasteiger charge is -2.31. The predicted molar refractivity (Wildman–Crippen MR) is 73.3 cm³/mol. The minimum atomic E-state index is -0.330. The first kappa shape index (κ1) is 13.6. The van der Waals surface area contributed by atoms with Gasteiger partial charge in [-0.25, -0.2) is 0 Å². The zero-order valence-corrected chi connectivity index (χ0v) is 11.9. The topological polar surface area (TPSA) is 38.1 Å². The Bertz CT molecular complexity index is 378. The highest BCUT2D eigenvalue weighted by atomic mass is 16.3. The van der Waals surface area contributed by atoms with Crippen LogP contribution in [0.15, 0.2) is 6.07 Å². The second-order valence-corrected chi connectivity index (χ2v) is 5.66. The number of nitrogens with zero attached hydrogens (tertiary/aromatic N) is 2. The average Bonchev–Trinajstić information content (AvgIpc) is 2.79. The van der Waals surface area contributed by atoms with E-state index in [2.05, 4.69) is 18.9 Å². The number of hydrogen-bond donors (Lipinski definition) is 1. The van der Waals surface area contributed by atoms with E-state index < -0.39 is 0 Å². The molecule has 1 aromatic rings. The minimum Gasteiger partial charge on any atom is -0.387 e. The first-order valence-electron chi connectivity index (χ1n) is 7.38. The van der Waals surface area contributed by atoms with Crippen molar-refractivity contribution in [3.05, 3.63) is 17.5 Å². The van der Waals surface area contributed by atoms with E-state index in [0.29, 0.717) is 5.92 Å². The van der Waals surface area contributed by atoms with Crippen LogP contribution in [0.3, 0.4) is 0 Å². The molecule has 0 radical (unpaired) electrons. The molecule has 1 aliphatic carbocycles. The number of aliphatic hydroxyl groups excluding tert-OH is 1. The molecule has 0 aliphatic heterocycles. The Labute approximate surface area is 110 Å².